The molecular formula is C40H58O14. The standard InChI is InChI=1S/C40H58O14/c1-19-27(41)7-8-30(50-19)53-34-28(42)18-49-36(32(34)45)54-35-31(44)20(2)51-37(33(35)46)52-23-9-12-38(3)22(16-23)5-6-26-25(38)10-13-39(4)24(11-14-40(26,39)47)21-15-29(43)48-17-21/h7-8,15,19-20,22-26,28,30-37,42,44-47H,5-6,9-14,16-18H2,1-4H3/t19?,20?,22-,23-,24+,25?,26+,28?,30-,31?,32-,33-,34-,35-,36?,37?,38?,39?,40-/m0/s1. The molecule has 0 radical (unpaired) electrons. The van der Waals surface area contributed by atoms with Gasteiger partial charge in [-0.1, -0.05) is 13.8 Å². The fourth-order valence-corrected chi connectivity index (χ4v) is 12.0. The van der Waals surface area contributed by atoms with Gasteiger partial charge in [0.15, 0.2) is 24.7 Å². The lowest BCUT2D eigenvalue weighted by molar-refractivity contribution is -0.357. The average Bonchev–Trinajstić information content (AvgIpc) is 3.69. The summed E-state index contributed by atoms with van der Waals surface area (Å²) >= 11 is 0. The number of ether oxygens (including phenoxy) is 7. The molecule has 8 rings (SSSR count). The van der Waals surface area contributed by atoms with Crippen molar-refractivity contribution >= 4 is 11.8 Å². The van der Waals surface area contributed by atoms with Crippen molar-refractivity contribution in [3.8, 4) is 0 Å². The first-order valence-corrected chi connectivity index (χ1v) is 20.1. The highest BCUT2D eigenvalue weighted by Crippen LogP contribution is 2.70. The number of rotatable bonds is 7. The monoisotopic (exact) mass is 762 g/mol. The highest BCUT2D eigenvalue weighted by Gasteiger charge is 2.68. The van der Waals surface area contributed by atoms with E-state index in [1.807, 2.05) is 0 Å². The van der Waals surface area contributed by atoms with Gasteiger partial charge in [0.2, 0.25) is 0 Å². The van der Waals surface area contributed by atoms with E-state index in [0.29, 0.717) is 18.4 Å². The van der Waals surface area contributed by atoms with Crippen molar-refractivity contribution in [2.75, 3.05) is 13.2 Å². The molecule has 54 heavy (non-hydrogen) atoms. The van der Waals surface area contributed by atoms with Crippen molar-refractivity contribution in [2.24, 2.45) is 34.5 Å². The molecule has 0 aromatic heterocycles. The third kappa shape index (κ3) is 6.45. The zero-order chi connectivity index (χ0) is 38.3. The molecule has 5 N–H and O–H groups in total. The summed E-state index contributed by atoms with van der Waals surface area (Å²) in [6.45, 7) is 7.95. The Labute approximate surface area is 316 Å². The molecular weight excluding hydrogens is 704 g/mol. The molecule has 4 aliphatic carbocycles. The molecule has 0 aromatic rings. The summed E-state index contributed by atoms with van der Waals surface area (Å²) in [5, 5.41) is 56.9. The zero-order valence-electron chi connectivity index (χ0n) is 31.7. The summed E-state index contributed by atoms with van der Waals surface area (Å²) in [7, 11) is 0. The van der Waals surface area contributed by atoms with Crippen LogP contribution in [-0.4, -0.2) is 130 Å². The van der Waals surface area contributed by atoms with Gasteiger partial charge in [0.05, 0.1) is 24.4 Å². The van der Waals surface area contributed by atoms with E-state index in [1.165, 1.54) is 12.2 Å². The molecule has 14 heteroatoms. The number of hydrogen-bond donors (Lipinski definition) is 5. The lowest BCUT2D eigenvalue weighted by atomic mass is 9.43. The Hall–Kier alpha value is -1.82. The van der Waals surface area contributed by atoms with Crippen molar-refractivity contribution in [1.29, 1.82) is 0 Å². The molecule has 19 atom stereocenters. The van der Waals surface area contributed by atoms with Gasteiger partial charge in [-0.05, 0) is 118 Å². The van der Waals surface area contributed by atoms with Gasteiger partial charge in [-0.2, -0.15) is 0 Å². The van der Waals surface area contributed by atoms with E-state index in [2.05, 4.69) is 13.8 Å². The Balaban J connectivity index is 0.901. The van der Waals surface area contributed by atoms with Crippen LogP contribution in [0.15, 0.2) is 23.8 Å². The quantitative estimate of drug-likeness (QED) is 0.186. The van der Waals surface area contributed by atoms with Crippen molar-refractivity contribution in [3.63, 3.8) is 0 Å². The number of hydrogen-bond acceptors (Lipinski definition) is 14. The summed E-state index contributed by atoms with van der Waals surface area (Å²) in [6.07, 6.45) is -0.859. The Bertz CT molecular complexity index is 1500. The van der Waals surface area contributed by atoms with E-state index in [-0.39, 0.29) is 47.1 Å². The second-order valence-electron chi connectivity index (χ2n) is 17.9. The van der Waals surface area contributed by atoms with Crippen LogP contribution >= 0.6 is 0 Å². The summed E-state index contributed by atoms with van der Waals surface area (Å²) < 4.78 is 40.8. The summed E-state index contributed by atoms with van der Waals surface area (Å²) in [6, 6.07) is 0. The fraction of sp³-hybridized carbons (Fsp3) is 0.850. The van der Waals surface area contributed by atoms with Crippen molar-refractivity contribution in [2.45, 2.75) is 165 Å². The minimum atomic E-state index is -1.52. The van der Waals surface area contributed by atoms with E-state index >= 15 is 0 Å². The molecule has 4 aliphatic heterocycles. The number of carbonyl (C=O) groups excluding carboxylic acids is 2. The molecule has 0 bridgehead atoms. The van der Waals surface area contributed by atoms with Gasteiger partial charge in [-0.25, -0.2) is 4.79 Å². The van der Waals surface area contributed by atoms with Gasteiger partial charge in [-0.15, -0.1) is 0 Å². The maximum atomic E-state index is 12.6. The van der Waals surface area contributed by atoms with Crippen LogP contribution in [0.3, 0.4) is 0 Å². The van der Waals surface area contributed by atoms with E-state index in [4.69, 9.17) is 33.2 Å². The number of aliphatic hydroxyl groups is 5. The minimum Gasteiger partial charge on any atom is -0.458 e. The third-order valence-corrected chi connectivity index (χ3v) is 15.2. The van der Waals surface area contributed by atoms with Crippen LogP contribution in [0.4, 0.5) is 0 Å². The summed E-state index contributed by atoms with van der Waals surface area (Å²) in [5.74, 6) is 0.565. The Kier molecular flexibility index (Phi) is 10.5. The second kappa shape index (κ2) is 14.5. The molecule has 4 heterocycles. The first kappa shape index (κ1) is 39.0. The number of cyclic esters (lactones) is 1. The van der Waals surface area contributed by atoms with Gasteiger partial charge >= 0.3 is 5.97 Å². The number of fused-ring (bicyclic) bond motifs is 5. The largest absolute Gasteiger partial charge is 0.458 e. The summed E-state index contributed by atoms with van der Waals surface area (Å²) in [4.78, 5) is 23.7. The zero-order valence-corrected chi connectivity index (χ0v) is 31.7. The maximum absolute atomic E-state index is 12.6. The van der Waals surface area contributed by atoms with Crippen LogP contribution in [0.2, 0.25) is 0 Å². The highest BCUT2D eigenvalue weighted by atomic mass is 16.7. The lowest BCUT2D eigenvalue weighted by Crippen LogP contribution is -2.63. The molecule has 0 amide bonds. The first-order valence-electron chi connectivity index (χ1n) is 20.1. The number of carbonyl (C=O) groups is 2. The Morgan fingerprint density at radius 3 is 2.33 bits per heavy atom. The number of aliphatic hydroxyl groups excluding tert-OH is 4. The molecule has 302 valence electrons. The van der Waals surface area contributed by atoms with Gasteiger partial charge in [0.25, 0.3) is 0 Å². The number of esters is 1. The molecule has 8 aliphatic rings. The molecule has 0 spiro atoms. The van der Waals surface area contributed by atoms with Crippen LogP contribution in [0.5, 0.6) is 0 Å². The number of ketones is 1. The van der Waals surface area contributed by atoms with E-state index in [1.54, 1.807) is 19.9 Å². The van der Waals surface area contributed by atoms with Crippen LogP contribution in [0, 0.1) is 34.5 Å². The van der Waals surface area contributed by atoms with Crippen molar-refractivity contribution in [1.82, 2.24) is 0 Å². The molecule has 0 aromatic carbocycles. The van der Waals surface area contributed by atoms with Gasteiger partial charge < -0.3 is 58.7 Å². The SMILES string of the molecule is CC1O[C@@H](O[C@H]2C(O)COC(O[C@H]3C(O)C(C)OC(O[C@H]4CCC5(C)C6CCC7(C)[C@@H](C8=CC(=O)OC8)CC[C@]7(O)[C@@H]6CC[C@H]5C4)[C@H]3O)[C@H]2O)C=CC1=O. The third-order valence-electron chi connectivity index (χ3n) is 15.2. The van der Waals surface area contributed by atoms with Crippen LogP contribution < -0.4 is 0 Å². The van der Waals surface area contributed by atoms with Crippen LogP contribution in [-0.2, 0) is 42.7 Å². The van der Waals surface area contributed by atoms with Gasteiger partial charge in [-0.3, -0.25) is 4.79 Å². The van der Waals surface area contributed by atoms with E-state index in [0.717, 1.165) is 63.4 Å². The molecule has 14 nitrogen and oxygen atoms in total. The predicted molar refractivity (Wildman–Crippen MR) is 187 cm³/mol. The Morgan fingerprint density at radius 1 is 0.815 bits per heavy atom. The lowest BCUT2D eigenvalue weighted by Gasteiger charge is -2.64. The normalized spacial score (nSPS) is 53.3. The van der Waals surface area contributed by atoms with E-state index < -0.39 is 73.3 Å². The van der Waals surface area contributed by atoms with Crippen LogP contribution in [0.1, 0.15) is 85.5 Å². The second-order valence-corrected chi connectivity index (χ2v) is 17.9. The van der Waals surface area contributed by atoms with Gasteiger partial charge in [0.1, 0.15) is 49.3 Å². The van der Waals surface area contributed by atoms with Crippen molar-refractivity contribution in [3.05, 3.63) is 23.8 Å². The molecule has 4 saturated carbocycles. The fourth-order valence-electron chi connectivity index (χ4n) is 12.0. The van der Waals surface area contributed by atoms with E-state index in [9.17, 15) is 35.1 Å². The highest BCUT2D eigenvalue weighted by molar-refractivity contribution is 5.93. The summed E-state index contributed by atoms with van der Waals surface area (Å²) in [5.41, 5.74) is -0.0268. The molecule has 2 saturated heterocycles. The maximum Gasteiger partial charge on any atom is 0.331 e. The predicted octanol–water partition coefficient (Wildman–Crippen LogP) is 1.81. The smallest absolute Gasteiger partial charge is 0.331 e. The first-order chi connectivity index (χ1) is 25.6. The molecule has 9 unspecified atom stereocenters. The average molecular weight is 763 g/mol. The minimum absolute atomic E-state index is 0.0223. The van der Waals surface area contributed by atoms with Crippen LogP contribution in [0.25, 0.3) is 0 Å². The topological polar surface area (TPSA) is 200 Å². The van der Waals surface area contributed by atoms with Gasteiger partial charge in [0, 0.05) is 11.5 Å². The van der Waals surface area contributed by atoms with Crippen molar-refractivity contribution < 1.29 is 68.3 Å². The molecule has 6 fully saturated rings. The Morgan fingerprint density at radius 2 is 1.59 bits per heavy atom.